The van der Waals surface area contributed by atoms with E-state index >= 15 is 0 Å². The highest BCUT2D eigenvalue weighted by atomic mass is 16.7. The molecule has 4 nitrogen and oxygen atoms in total. The second-order valence-corrected chi connectivity index (χ2v) is 4.65. The molecule has 1 atom stereocenters. The molecule has 0 saturated carbocycles. The summed E-state index contributed by atoms with van der Waals surface area (Å²) in [5.41, 5.74) is 4.30. The largest absolute Gasteiger partial charge is 0.508 e. The number of rotatable bonds is 5. The van der Waals surface area contributed by atoms with E-state index in [2.05, 4.69) is 5.48 Å². The second kappa shape index (κ2) is 6.73. The van der Waals surface area contributed by atoms with Gasteiger partial charge in [-0.25, -0.2) is 4.79 Å². The van der Waals surface area contributed by atoms with Gasteiger partial charge in [-0.05, 0) is 43.2 Å². The third-order valence-electron chi connectivity index (χ3n) is 2.84. The normalized spacial score (nSPS) is 11.8. The summed E-state index contributed by atoms with van der Waals surface area (Å²) in [5.74, 6) is -0.159. The Bertz CT molecular complexity index is 552. The minimum atomic E-state index is -0.400. The number of phenols is 1. The van der Waals surface area contributed by atoms with Crippen molar-refractivity contribution in [2.75, 3.05) is 0 Å². The van der Waals surface area contributed by atoms with Crippen LogP contribution in [0.1, 0.15) is 22.8 Å². The number of aromatic hydroxyl groups is 1. The Hall–Kier alpha value is -2.33. The van der Waals surface area contributed by atoms with E-state index in [-0.39, 0.29) is 11.8 Å². The predicted molar refractivity (Wildman–Crippen MR) is 76.3 cm³/mol. The second-order valence-electron chi connectivity index (χ2n) is 4.65. The Morgan fingerprint density at radius 3 is 2.45 bits per heavy atom. The third kappa shape index (κ3) is 4.10. The number of carbonyl (C=O) groups excluding carboxylic acids is 1. The van der Waals surface area contributed by atoms with Gasteiger partial charge in [0.05, 0.1) is 5.56 Å². The Morgan fingerprint density at radius 1 is 1.15 bits per heavy atom. The van der Waals surface area contributed by atoms with Gasteiger partial charge in [-0.15, -0.1) is 5.48 Å². The lowest BCUT2D eigenvalue weighted by Crippen LogP contribution is -2.30. The minimum Gasteiger partial charge on any atom is -0.508 e. The Morgan fingerprint density at radius 2 is 1.80 bits per heavy atom. The lowest BCUT2D eigenvalue weighted by Gasteiger charge is -2.13. The maximum Gasteiger partial charge on any atom is 0.356 e. The topological polar surface area (TPSA) is 58.6 Å². The zero-order chi connectivity index (χ0) is 14.4. The van der Waals surface area contributed by atoms with E-state index in [1.807, 2.05) is 25.1 Å². The van der Waals surface area contributed by atoms with Crippen molar-refractivity contribution in [3.8, 4) is 5.75 Å². The van der Waals surface area contributed by atoms with Crippen LogP contribution >= 0.6 is 0 Å². The van der Waals surface area contributed by atoms with E-state index in [0.717, 1.165) is 5.56 Å². The van der Waals surface area contributed by atoms with Crippen LogP contribution in [0.3, 0.4) is 0 Å². The number of nitrogens with one attached hydrogen (secondary N) is 1. The molecule has 0 heterocycles. The van der Waals surface area contributed by atoms with Gasteiger partial charge in [-0.3, -0.25) is 0 Å². The van der Waals surface area contributed by atoms with Gasteiger partial charge in [0.1, 0.15) is 5.75 Å². The van der Waals surface area contributed by atoms with Gasteiger partial charge in [-0.2, -0.15) is 0 Å². The molecule has 0 fully saturated rings. The molecule has 0 radical (unpaired) electrons. The predicted octanol–water partition coefficient (Wildman–Crippen LogP) is 2.68. The molecule has 104 valence electrons. The maximum atomic E-state index is 11.7. The summed E-state index contributed by atoms with van der Waals surface area (Å²) < 4.78 is 0. The third-order valence-corrected chi connectivity index (χ3v) is 2.84. The Balaban J connectivity index is 1.82. The minimum absolute atomic E-state index is 0.0211. The highest BCUT2D eigenvalue weighted by Gasteiger charge is 2.09. The highest BCUT2D eigenvalue weighted by Crippen LogP contribution is 2.11. The highest BCUT2D eigenvalue weighted by molar-refractivity contribution is 5.89. The average molecular weight is 271 g/mol. The molecule has 0 saturated heterocycles. The van der Waals surface area contributed by atoms with Crippen LogP contribution in [0.2, 0.25) is 0 Å². The zero-order valence-corrected chi connectivity index (χ0v) is 11.2. The molecule has 2 rings (SSSR count). The van der Waals surface area contributed by atoms with Gasteiger partial charge in [0.2, 0.25) is 0 Å². The van der Waals surface area contributed by atoms with Crippen molar-refractivity contribution in [2.45, 2.75) is 19.4 Å². The summed E-state index contributed by atoms with van der Waals surface area (Å²) >= 11 is 0. The first-order chi connectivity index (χ1) is 9.65. The number of hydrogen-bond acceptors (Lipinski definition) is 4. The lowest BCUT2D eigenvalue weighted by atomic mass is 10.1. The molecule has 0 unspecified atom stereocenters. The molecule has 0 amide bonds. The van der Waals surface area contributed by atoms with Gasteiger partial charge >= 0.3 is 5.97 Å². The smallest absolute Gasteiger partial charge is 0.356 e. The number of hydrogen-bond donors (Lipinski definition) is 2. The van der Waals surface area contributed by atoms with E-state index < -0.39 is 5.97 Å². The van der Waals surface area contributed by atoms with Gasteiger partial charge < -0.3 is 9.94 Å². The molecule has 0 aliphatic heterocycles. The van der Waals surface area contributed by atoms with Crippen LogP contribution in [0.5, 0.6) is 5.75 Å². The Kier molecular flexibility index (Phi) is 4.74. The summed E-state index contributed by atoms with van der Waals surface area (Å²) in [7, 11) is 0. The van der Waals surface area contributed by atoms with Crippen LogP contribution in [0, 0.1) is 0 Å². The molecule has 2 aromatic carbocycles. The monoisotopic (exact) mass is 271 g/mol. The Labute approximate surface area is 118 Å². The fraction of sp³-hybridized carbons (Fsp3) is 0.188. The lowest BCUT2D eigenvalue weighted by molar-refractivity contribution is 0.0171. The molecule has 2 aromatic rings. The number of hydroxylamine groups is 1. The first kappa shape index (κ1) is 14.1. The summed E-state index contributed by atoms with van der Waals surface area (Å²) in [5, 5.41) is 9.21. The molecular weight excluding hydrogens is 254 g/mol. The van der Waals surface area contributed by atoms with Crippen LogP contribution < -0.4 is 5.48 Å². The maximum absolute atomic E-state index is 11.7. The van der Waals surface area contributed by atoms with Crippen LogP contribution in [-0.4, -0.2) is 17.1 Å². The quantitative estimate of drug-likeness (QED) is 0.821. The van der Waals surface area contributed by atoms with Crippen LogP contribution in [0.4, 0.5) is 0 Å². The number of benzene rings is 2. The summed E-state index contributed by atoms with van der Waals surface area (Å²) in [6.45, 7) is 1.92. The molecule has 4 heteroatoms. The van der Waals surface area contributed by atoms with Crippen molar-refractivity contribution in [2.24, 2.45) is 0 Å². The first-order valence-electron chi connectivity index (χ1n) is 6.45. The standard InChI is InChI=1S/C16H17NO3/c1-12(11-13-7-9-15(18)10-8-13)17-20-16(19)14-5-3-2-4-6-14/h2-10,12,17-18H,11H2,1H3/t12-/m0/s1. The zero-order valence-electron chi connectivity index (χ0n) is 11.2. The van der Waals surface area contributed by atoms with Crippen LogP contribution in [0.15, 0.2) is 54.6 Å². The molecule has 20 heavy (non-hydrogen) atoms. The van der Waals surface area contributed by atoms with E-state index in [9.17, 15) is 9.90 Å². The first-order valence-corrected chi connectivity index (χ1v) is 6.45. The molecule has 0 spiro atoms. The fourth-order valence-electron chi connectivity index (χ4n) is 1.81. The number of phenolic OH excluding ortho intramolecular Hbond substituents is 1. The van der Waals surface area contributed by atoms with Crippen molar-refractivity contribution in [3.63, 3.8) is 0 Å². The van der Waals surface area contributed by atoms with Crippen molar-refractivity contribution >= 4 is 5.97 Å². The van der Waals surface area contributed by atoms with Crippen molar-refractivity contribution in [1.29, 1.82) is 0 Å². The SMILES string of the molecule is C[C@@H](Cc1ccc(O)cc1)NOC(=O)c1ccccc1. The summed E-state index contributed by atoms with van der Waals surface area (Å²) in [6.07, 6.45) is 0.697. The fourth-order valence-corrected chi connectivity index (χ4v) is 1.81. The molecule has 0 aromatic heterocycles. The molecule has 0 aliphatic rings. The van der Waals surface area contributed by atoms with Crippen molar-refractivity contribution < 1.29 is 14.7 Å². The van der Waals surface area contributed by atoms with Crippen LogP contribution in [0.25, 0.3) is 0 Å². The molecule has 2 N–H and O–H groups in total. The molecule has 0 bridgehead atoms. The van der Waals surface area contributed by atoms with E-state index in [0.29, 0.717) is 12.0 Å². The van der Waals surface area contributed by atoms with Crippen molar-refractivity contribution in [3.05, 3.63) is 65.7 Å². The van der Waals surface area contributed by atoms with E-state index in [1.54, 1.807) is 36.4 Å². The van der Waals surface area contributed by atoms with E-state index in [1.165, 1.54) is 0 Å². The summed E-state index contributed by atoms with van der Waals surface area (Å²) in [6, 6.07) is 15.8. The van der Waals surface area contributed by atoms with Crippen molar-refractivity contribution in [1.82, 2.24) is 5.48 Å². The van der Waals surface area contributed by atoms with Gasteiger partial charge in [0.15, 0.2) is 0 Å². The van der Waals surface area contributed by atoms with Gasteiger partial charge in [0, 0.05) is 6.04 Å². The van der Waals surface area contributed by atoms with Gasteiger partial charge in [0.25, 0.3) is 0 Å². The molecule has 0 aliphatic carbocycles. The van der Waals surface area contributed by atoms with E-state index in [4.69, 9.17) is 4.84 Å². The molecular formula is C16H17NO3. The van der Waals surface area contributed by atoms with Crippen LogP contribution in [-0.2, 0) is 11.3 Å². The average Bonchev–Trinajstić information content (AvgIpc) is 2.48. The van der Waals surface area contributed by atoms with Gasteiger partial charge in [-0.1, -0.05) is 30.3 Å². The summed E-state index contributed by atoms with van der Waals surface area (Å²) in [4.78, 5) is 16.8. The number of carbonyl (C=O) groups is 1.